The zero-order valence-corrected chi connectivity index (χ0v) is 19.1. The number of hydrogen-bond acceptors (Lipinski definition) is 5. The lowest BCUT2D eigenvalue weighted by Crippen LogP contribution is -2.54. The van der Waals surface area contributed by atoms with E-state index in [4.69, 9.17) is 4.74 Å². The molecule has 3 fully saturated rings. The number of carbonyl (C=O) groups excluding carboxylic acids is 3. The van der Waals surface area contributed by atoms with Gasteiger partial charge in [-0.15, -0.1) is 0 Å². The van der Waals surface area contributed by atoms with Gasteiger partial charge in [0.05, 0.1) is 24.1 Å². The van der Waals surface area contributed by atoms with Gasteiger partial charge in [0.2, 0.25) is 17.7 Å². The number of hydrogen-bond donors (Lipinski definition) is 1. The Kier molecular flexibility index (Phi) is 4.27. The summed E-state index contributed by atoms with van der Waals surface area (Å²) in [7, 11) is 0. The van der Waals surface area contributed by atoms with Crippen LogP contribution in [0.3, 0.4) is 0 Å². The Hall–Kier alpha value is -3.19. The summed E-state index contributed by atoms with van der Waals surface area (Å²) in [6, 6.07) is 11.0. The standard InChI is InChI=1S/C26H27N3O4/c1-4-33-17-9-7-16(8-10-17)29-23(30)20-19-6-5-11-28(19)26(21(20)24(29)31)18-13-14(2)12-15(3)22(18)27-25(26)32/h7-10,12-13,19-21H,4-6,11H2,1-3H3,(H,27,32). The minimum absolute atomic E-state index is 0.114. The van der Waals surface area contributed by atoms with Gasteiger partial charge in [-0.2, -0.15) is 0 Å². The lowest BCUT2D eigenvalue weighted by atomic mass is 9.75. The number of imide groups is 1. The molecule has 0 aliphatic carbocycles. The number of carbonyl (C=O) groups is 3. The van der Waals surface area contributed by atoms with Crippen molar-refractivity contribution in [3.63, 3.8) is 0 Å². The fraction of sp³-hybridized carbons (Fsp3) is 0.423. The molecule has 1 spiro atoms. The molecule has 4 aliphatic rings. The average Bonchev–Trinajstić information content (AvgIpc) is 3.48. The molecule has 7 nitrogen and oxygen atoms in total. The Morgan fingerprint density at radius 1 is 1.09 bits per heavy atom. The van der Waals surface area contributed by atoms with Crippen LogP contribution in [0.4, 0.5) is 11.4 Å². The highest BCUT2D eigenvalue weighted by atomic mass is 16.5. The largest absolute Gasteiger partial charge is 0.494 e. The minimum atomic E-state index is -1.13. The van der Waals surface area contributed by atoms with Crippen LogP contribution in [0.1, 0.15) is 36.5 Å². The van der Waals surface area contributed by atoms with E-state index in [9.17, 15) is 14.4 Å². The molecule has 2 aromatic carbocycles. The molecule has 0 saturated carbocycles. The van der Waals surface area contributed by atoms with Gasteiger partial charge in [-0.05, 0) is 70.0 Å². The lowest BCUT2D eigenvalue weighted by molar-refractivity contribution is -0.135. The maximum Gasteiger partial charge on any atom is 0.250 e. The van der Waals surface area contributed by atoms with Gasteiger partial charge in [0.25, 0.3) is 0 Å². The average molecular weight is 446 g/mol. The second-order valence-corrected chi connectivity index (χ2v) is 9.57. The molecule has 2 aromatic rings. The van der Waals surface area contributed by atoms with Crippen LogP contribution in [0.2, 0.25) is 0 Å². The fourth-order valence-electron chi connectivity index (χ4n) is 6.77. The molecule has 3 saturated heterocycles. The minimum Gasteiger partial charge on any atom is -0.494 e. The molecule has 4 aliphatic heterocycles. The van der Waals surface area contributed by atoms with Crippen LogP contribution in [0, 0.1) is 25.7 Å². The summed E-state index contributed by atoms with van der Waals surface area (Å²) in [6.45, 7) is 7.14. The molecule has 4 atom stereocenters. The van der Waals surface area contributed by atoms with Crippen molar-refractivity contribution in [3.8, 4) is 5.75 Å². The lowest BCUT2D eigenvalue weighted by Gasteiger charge is -2.36. The van der Waals surface area contributed by atoms with Crippen molar-refractivity contribution in [2.75, 3.05) is 23.4 Å². The topological polar surface area (TPSA) is 79.0 Å². The molecule has 3 amide bonds. The van der Waals surface area contributed by atoms with Gasteiger partial charge in [-0.25, -0.2) is 4.90 Å². The predicted molar refractivity (Wildman–Crippen MR) is 123 cm³/mol. The van der Waals surface area contributed by atoms with Gasteiger partial charge < -0.3 is 10.1 Å². The molecule has 33 heavy (non-hydrogen) atoms. The van der Waals surface area contributed by atoms with E-state index in [1.54, 1.807) is 24.3 Å². The Bertz CT molecular complexity index is 1210. The van der Waals surface area contributed by atoms with E-state index in [0.29, 0.717) is 24.6 Å². The monoisotopic (exact) mass is 445 g/mol. The second-order valence-electron chi connectivity index (χ2n) is 9.57. The van der Waals surface area contributed by atoms with Gasteiger partial charge in [-0.1, -0.05) is 17.7 Å². The van der Waals surface area contributed by atoms with Gasteiger partial charge in [0.1, 0.15) is 11.3 Å². The summed E-state index contributed by atoms with van der Waals surface area (Å²) in [5.74, 6) is -1.23. The Balaban J connectivity index is 1.51. The predicted octanol–water partition coefficient (Wildman–Crippen LogP) is 3.13. The first kappa shape index (κ1) is 20.4. The second kappa shape index (κ2) is 6.90. The molecule has 7 heteroatoms. The number of nitrogens with one attached hydrogen (secondary N) is 1. The smallest absolute Gasteiger partial charge is 0.250 e. The fourth-order valence-corrected chi connectivity index (χ4v) is 6.77. The van der Waals surface area contributed by atoms with Gasteiger partial charge >= 0.3 is 0 Å². The first-order valence-corrected chi connectivity index (χ1v) is 11.7. The van der Waals surface area contributed by atoms with Gasteiger partial charge in [0.15, 0.2) is 0 Å². The van der Waals surface area contributed by atoms with Crippen LogP contribution in [0.25, 0.3) is 0 Å². The third-order valence-corrected chi connectivity index (χ3v) is 7.85. The van der Waals surface area contributed by atoms with Crippen molar-refractivity contribution in [2.45, 2.75) is 45.2 Å². The van der Waals surface area contributed by atoms with Gasteiger partial charge in [-0.3, -0.25) is 19.3 Å². The van der Waals surface area contributed by atoms with E-state index in [1.165, 1.54) is 4.90 Å². The number of nitrogens with zero attached hydrogens (tertiary/aromatic N) is 2. The summed E-state index contributed by atoms with van der Waals surface area (Å²) in [6.07, 6.45) is 1.72. The number of amides is 3. The van der Waals surface area contributed by atoms with Gasteiger partial charge in [0, 0.05) is 17.3 Å². The van der Waals surface area contributed by atoms with E-state index in [1.807, 2.05) is 32.9 Å². The van der Waals surface area contributed by atoms with E-state index in [-0.39, 0.29) is 23.8 Å². The summed E-state index contributed by atoms with van der Waals surface area (Å²) in [5, 5.41) is 3.08. The maximum atomic E-state index is 14.0. The number of ether oxygens (including phenoxy) is 1. The first-order valence-electron chi connectivity index (χ1n) is 11.7. The number of benzene rings is 2. The van der Waals surface area contributed by atoms with Crippen molar-refractivity contribution in [2.24, 2.45) is 11.8 Å². The van der Waals surface area contributed by atoms with Crippen LogP contribution in [0.15, 0.2) is 36.4 Å². The Labute approximate surface area is 192 Å². The van der Waals surface area contributed by atoms with Crippen LogP contribution in [0.5, 0.6) is 5.75 Å². The van der Waals surface area contributed by atoms with Crippen LogP contribution in [-0.4, -0.2) is 41.8 Å². The molecule has 0 aromatic heterocycles. The molecule has 170 valence electrons. The highest BCUT2D eigenvalue weighted by molar-refractivity contribution is 6.26. The summed E-state index contributed by atoms with van der Waals surface area (Å²) < 4.78 is 5.51. The third-order valence-electron chi connectivity index (χ3n) is 7.85. The van der Waals surface area contributed by atoms with Crippen molar-refractivity contribution < 1.29 is 19.1 Å². The molecule has 4 heterocycles. The Morgan fingerprint density at radius 2 is 1.85 bits per heavy atom. The summed E-state index contributed by atoms with van der Waals surface area (Å²) in [5.41, 5.74) is 3.05. The van der Waals surface area contributed by atoms with E-state index in [2.05, 4.69) is 10.2 Å². The molecule has 6 rings (SSSR count). The molecular weight excluding hydrogens is 418 g/mol. The van der Waals surface area contributed by atoms with Crippen molar-refractivity contribution in [1.82, 2.24) is 4.90 Å². The zero-order valence-electron chi connectivity index (χ0n) is 19.1. The third kappa shape index (κ3) is 2.46. The summed E-state index contributed by atoms with van der Waals surface area (Å²) in [4.78, 5) is 45.0. The maximum absolute atomic E-state index is 14.0. The zero-order chi connectivity index (χ0) is 23.1. The number of fused-ring (bicyclic) bond motifs is 7. The number of rotatable bonds is 3. The van der Waals surface area contributed by atoms with Crippen molar-refractivity contribution >= 4 is 29.1 Å². The van der Waals surface area contributed by atoms with Crippen molar-refractivity contribution in [1.29, 1.82) is 0 Å². The van der Waals surface area contributed by atoms with E-state index < -0.39 is 17.4 Å². The highest BCUT2D eigenvalue weighted by Crippen LogP contribution is 2.61. The molecular formula is C26H27N3O4. The summed E-state index contributed by atoms with van der Waals surface area (Å²) >= 11 is 0. The first-order chi connectivity index (χ1) is 15.9. The van der Waals surface area contributed by atoms with E-state index in [0.717, 1.165) is 35.2 Å². The van der Waals surface area contributed by atoms with E-state index >= 15 is 0 Å². The normalized spacial score (nSPS) is 30.1. The number of anilines is 2. The molecule has 0 bridgehead atoms. The quantitative estimate of drug-likeness (QED) is 0.735. The van der Waals surface area contributed by atoms with Crippen LogP contribution in [-0.2, 0) is 19.9 Å². The Morgan fingerprint density at radius 3 is 2.58 bits per heavy atom. The molecule has 4 unspecified atom stereocenters. The van der Waals surface area contributed by atoms with Crippen LogP contribution < -0.4 is 15.0 Å². The number of aryl methyl sites for hydroxylation is 2. The van der Waals surface area contributed by atoms with Crippen LogP contribution >= 0.6 is 0 Å². The SMILES string of the molecule is CCOc1ccc(N2C(=O)C3C4CCCN4C4(C(=O)Nc5c(C)cc(C)cc54)C3C2=O)cc1. The highest BCUT2D eigenvalue weighted by Gasteiger charge is 2.74. The molecule has 0 radical (unpaired) electrons. The molecule has 1 N–H and O–H groups in total. The van der Waals surface area contributed by atoms with Crippen molar-refractivity contribution in [3.05, 3.63) is 53.1 Å².